The van der Waals surface area contributed by atoms with E-state index >= 15 is 0 Å². The molecule has 0 spiro atoms. The van der Waals surface area contributed by atoms with Gasteiger partial charge in [0.25, 0.3) is 0 Å². The third kappa shape index (κ3) is 4.85. The summed E-state index contributed by atoms with van der Waals surface area (Å²) in [5.74, 6) is -0.364. The maximum Gasteiger partial charge on any atom is 0.124 e. The Balaban J connectivity index is 1.57. The summed E-state index contributed by atoms with van der Waals surface area (Å²) in [6.45, 7) is 1.53. The second kappa shape index (κ2) is 8.94. The fourth-order valence-corrected chi connectivity index (χ4v) is 3.23. The smallest absolute Gasteiger partial charge is 0.124 e. The van der Waals surface area contributed by atoms with E-state index in [1.54, 1.807) is 17.1 Å². The minimum Gasteiger partial charge on any atom is -0.305 e. The van der Waals surface area contributed by atoms with Gasteiger partial charge in [0, 0.05) is 29.9 Å². The first-order valence-corrected chi connectivity index (χ1v) is 9.61. The Labute approximate surface area is 173 Å². The molecule has 2 heterocycles. The molecular formula is C22H19ClFN5. The molecule has 0 radical (unpaired) electrons. The third-order valence-corrected chi connectivity index (χ3v) is 4.78. The van der Waals surface area contributed by atoms with Crippen LogP contribution in [0.4, 0.5) is 4.39 Å². The highest BCUT2D eigenvalue weighted by Gasteiger charge is 2.14. The van der Waals surface area contributed by atoms with Crippen LogP contribution < -0.4 is 5.32 Å². The van der Waals surface area contributed by atoms with Crippen LogP contribution in [0.15, 0.2) is 72.9 Å². The molecule has 5 nitrogen and oxygen atoms in total. The minimum absolute atomic E-state index is 0.360. The quantitative estimate of drug-likeness (QED) is 0.491. The van der Waals surface area contributed by atoms with Crippen molar-refractivity contribution in [3.05, 3.63) is 101 Å². The van der Waals surface area contributed by atoms with E-state index < -0.39 is 0 Å². The topological polar surface area (TPSA) is 55.6 Å². The summed E-state index contributed by atoms with van der Waals surface area (Å²) in [6.07, 6.45) is 1.77. The molecule has 2 aromatic heterocycles. The number of benzene rings is 2. The number of nitrogens with one attached hydrogen (secondary N) is 1. The predicted molar refractivity (Wildman–Crippen MR) is 111 cm³/mol. The molecular weight excluding hydrogens is 389 g/mol. The molecule has 0 fully saturated rings. The third-order valence-electron chi connectivity index (χ3n) is 4.42. The number of rotatable bonds is 7. The van der Waals surface area contributed by atoms with Gasteiger partial charge >= 0.3 is 0 Å². The zero-order valence-electron chi connectivity index (χ0n) is 15.6. The van der Waals surface area contributed by atoms with Crippen LogP contribution in [-0.4, -0.2) is 20.0 Å². The van der Waals surface area contributed by atoms with Crippen LogP contribution in [0.25, 0.3) is 11.3 Å². The van der Waals surface area contributed by atoms with Crippen molar-refractivity contribution >= 4 is 11.6 Å². The van der Waals surface area contributed by atoms with E-state index in [2.05, 4.69) is 20.5 Å². The van der Waals surface area contributed by atoms with Gasteiger partial charge in [-0.3, -0.25) is 4.98 Å². The Morgan fingerprint density at radius 2 is 1.76 bits per heavy atom. The van der Waals surface area contributed by atoms with Crippen molar-refractivity contribution in [3.63, 3.8) is 0 Å². The standard InChI is InChI=1S/C22H19ClFN5/c23-20-12-18(24)10-9-17(20)15-29-27-21(14-25-13-19-8-4-5-11-26-19)22(28-29)16-6-2-1-3-7-16/h1-12,25H,13-15H2. The first-order valence-electron chi connectivity index (χ1n) is 9.23. The van der Waals surface area contributed by atoms with Crippen molar-refractivity contribution in [2.45, 2.75) is 19.6 Å². The van der Waals surface area contributed by atoms with Crippen molar-refractivity contribution in [1.82, 2.24) is 25.3 Å². The lowest BCUT2D eigenvalue weighted by Crippen LogP contribution is -2.15. The van der Waals surface area contributed by atoms with E-state index in [0.29, 0.717) is 24.7 Å². The summed E-state index contributed by atoms with van der Waals surface area (Å²) in [6, 6.07) is 20.1. The maximum absolute atomic E-state index is 13.3. The second-order valence-corrected chi connectivity index (χ2v) is 6.96. The number of halogens is 2. The van der Waals surface area contributed by atoms with Crippen molar-refractivity contribution in [1.29, 1.82) is 0 Å². The van der Waals surface area contributed by atoms with Gasteiger partial charge < -0.3 is 5.32 Å². The van der Waals surface area contributed by atoms with Crippen molar-refractivity contribution < 1.29 is 4.39 Å². The van der Waals surface area contributed by atoms with Gasteiger partial charge in [0.1, 0.15) is 17.2 Å². The molecule has 1 N–H and O–H groups in total. The average molecular weight is 408 g/mol. The first-order chi connectivity index (χ1) is 14.2. The first kappa shape index (κ1) is 19.2. The highest BCUT2D eigenvalue weighted by atomic mass is 35.5. The van der Waals surface area contributed by atoms with Gasteiger partial charge in [-0.15, -0.1) is 0 Å². The summed E-state index contributed by atoms with van der Waals surface area (Å²) in [7, 11) is 0. The van der Waals surface area contributed by atoms with E-state index in [0.717, 1.165) is 28.2 Å². The average Bonchev–Trinajstić information content (AvgIpc) is 3.14. The molecule has 2 aromatic carbocycles. The Hall–Kier alpha value is -3.09. The van der Waals surface area contributed by atoms with Crippen LogP contribution in [0, 0.1) is 5.82 Å². The normalized spacial score (nSPS) is 11.0. The zero-order valence-corrected chi connectivity index (χ0v) is 16.4. The highest BCUT2D eigenvalue weighted by molar-refractivity contribution is 6.31. The van der Waals surface area contributed by atoms with Gasteiger partial charge in [-0.25, -0.2) is 4.39 Å². The number of pyridine rings is 1. The summed E-state index contributed by atoms with van der Waals surface area (Å²) in [4.78, 5) is 5.92. The van der Waals surface area contributed by atoms with E-state index in [-0.39, 0.29) is 5.82 Å². The SMILES string of the molecule is Fc1ccc(Cn2nc(CNCc3ccccn3)c(-c3ccccc3)n2)c(Cl)c1. The molecule has 0 amide bonds. The van der Waals surface area contributed by atoms with Crippen LogP contribution in [-0.2, 0) is 19.6 Å². The molecule has 29 heavy (non-hydrogen) atoms. The molecule has 0 unspecified atom stereocenters. The van der Waals surface area contributed by atoms with Gasteiger partial charge in [-0.2, -0.15) is 15.0 Å². The minimum atomic E-state index is -0.364. The Kier molecular flexibility index (Phi) is 5.93. The van der Waals surface area contributed by atoms with Gasteiger partial charge in [0.2, 0.25) is 0 Å². The second-order valence-electron chi connectivity index (χ2n) is 6.55. The summed E-state index contributed by atoms with van der Waals surface area (Å²) >= 11 is 6.17. The Morgan fingerprint density at radius 3 is 2.52 bits per heavy atom. The van der Waals surface area contributed by atoms with Gasteiger partial charge in [0.05, 0.1) is 12.2 Å². The van der Waals surface area contributed by atoms with Crippen LogP contribution in [0.5, 0.6) is 0 Å². The number of aromatic nitrogens is 4. The molecule has 0 atom stereocenters. The lowest BCUT2D eigenvalue weighted by atomic mass is 10.1. The summed E-state index contributed by atoms with van der Waals surface area (Å²) in [5, 5.41) is 13.0. The van der Waals surface area contributed by atoms with E-state index in [1.807, 2.05) is 48.5 Å². The fraction of sp³-hybridized carbons (Fsp3) is 0.136. The van der Waals surface area contributed by atoms with Crippen molar-refractivity contribution in [2.75, 3.05) is 0 Å². The number of hydrogen-bond acceptors (Lipinski definition) is 4. The van der Waals surface area contributed by atoms with Gasteiger partial charge in [-0.05, 0) is 29.8 Å². The van der Waals surface area contributed by atoms with Crippen molar-refractivity contribution in [2.24, 2.45) is 0 Å². The number of nitrogens with zero attached hydrogens (tertiary/aromatic N) is 4. The van der Waals surface area contributed by atoms with Crippen LogP contribution in [0.2, 0.25) is 5.02 Å². The summed E-state index contributed by atoms with van der Waals surface area (Å²) < 4.78 is 13.3. The highest BCUT2D eigenvalue weighted by Crippen LogP contribution is 2.22. The van der Waals surface area contributed by atoms with Crippen LogP contribution in [0.1, 0.15) is 17.0 Å². The van der Waals surface area contributed by atoms with Gasteiger partial charge in [0.15, 0.2) is 0 Å². The lowest BCUT2D eigenvalue weighted by molar-refractivity contribution is 0.573. The molecule has 0 saturated carbocycles. The van der Waals surface area contributed by atoms with E-state index in [1.165, 1.54) is 12.1 Å². The molecule has 0 aliphatic carbocycles. The fourth-order valence-electron chi connectivity index (χ4n) is 3.01. The molecule has 4 aromatic rings. The van der Waals surface area contributed by atoms with Crippen LogP contribution in [0.3, 0.4) is 0 Å². The zero-order chi connectivity index (χ0) is 20.1. The van der Waals surface area contributed by atoms with Gasteiger partial charge in [-0.1, -0.05) is 54.1 Å². The molecule has 0 aliphatic heterocycles. The van der Waals surface area contributed by atoms with Crippen LogP contribution >= 0.6 is 11.6 Å². The van der Waals surface area contributed by atoms with E-state index in [4.69, 9.17) is 11.6 Å². The maximum atomic E-state index is 13.3. The molecule has 7 heteroatoms. The molecule has 4 rings (SSSR count). The molecule has 0 bridgehead atoms. The monoisotopic (exact) mass is 407 g/mol. The van der Waals surface area contributed by atoms with Crippen molar-refractivity contribution in [3.8, 4) is 11.3 Å². The number of hydrogen-bond donors (Lipinski definition) is 1. The van der Waals surface area contributed by atoms with E-state index in [9.17, 15) is 4.39 Å². The lowest BCUT2D eigenvalue weighted by Gasteiger charge is -2.04. The molecule has 0 aliphatic rings. The Bertz CT molecular complexity index is 1080. The molecule has 146 valence electrons. The molecule has 0 saturated heterocycles. The largest absolute Gasteiger partial charge is 0.305 e. The Morgan fingerprint density at radius 1 is 0.931 bits per heavy atom. The predicted octanol–water partition coefficient (Wildman–Crippen LogP) is 4.47. The summed E-state index contributed by atoms with van der Waals surface area (Å²) in [5.41, 5.74) is 4.33.